The van der Waals surface area contributed by atoms with E-state index >= 15 is 0 Å². The number of piperidine rings is 1. The molecule has 158 valence electrons. The lowest BCUT2D eigenvalue weighted by molar-refractivity contribution is 0.00599. The van der Waals surface area contributed by atoms with Crippen molar-refractivity contribution in [2.75, 3.05) is 60.6 Å². The van der Waals surface area contributed by atoms with E-state index in [9.17, 15) is 5.11 Å². The molecule has 2 heterocycles. The number of methoxy groups -OCH3 is 2. The molecule has 0 aromatic heterocycles. The highest BCUT2D eigenvalue weighted by molar-refractivity contribution is 6.31. The summed E-state index contributed by atoms with van der Waals surface area (Å²) in [7, 11) is 5.47. The van der Waals surface area contributed by atoms with Gasteiger partial charge >= 0.3 is 0 Å². The molecule has 0 aliphatic carbocycles. The Morgan fingerprint density at radius 2 is 1.75 bits per heavy atom. The van der Waals surface area contributed by atoms with E-state index < -0.39 is 0 Å². The van der Waals surface area contributed by atoms with Crippen molar-refractivity contribution in [3.8, 4) is 11.5 Å². The summed E-state index contributed by atoms with van der Waals surface area (Å²) in [5, 5.41) is 10.3. The SMILES string of the molecule is COc1cc(Cl)c(CN2CCN(C3CCN(C)CC3)C(CCO)C2)cc1OC. The monoisotopic (exact) mass is 411 g/mol. The number of hydrogen-bond acceptors (Lipinski definition) is 6. The number of nitrogens with zero attached hydrogens (tertiary/aromatic N) is 3. The molecular weight excluding hydrogens is 378 g/mol. The maximum absolute atomic E-state index is 9.62. The number of aliphatic hydroxyl groups is 1. The van der Waals surface area contributed by atoms with Crippen molar-refractivity contribution < 1.29 is 14.6 Å². The highest BCUT2D eigenvalue weighted by atomic mass is 35.5. The van der Waals surface area contributed by atoms with Crippen LogP contribution in [0.3, 0.4) is 0 Å². The van der Waals surface area contributed by atoms with Crippen molar-refractivity contribution in [3.63, 3.8) is 0 Å². The molecule has 7 heteroatoms. The average Bonchev–Trinajstić information content (AvgIpc) is 2.70. The summed E-state index contributed by atoms with van der Waals surface area (Å²) < 4.78 is 10.8. The van der Waals surface area contributed by atoms with Gasteiger partial charge in [0.05, 0.1) is 14.2 Å². The number of halogens is 1. The van der Waals surface area contributed by atoms with Crippen LogP contribution in [0.15, 0.2) is 12.1 Å². The fourth-order valence-corrected chi connectivity index (χ4v) is 4.76. The molecule has 28 heavy (non-hydrogen) atoms. The lowest BCUT2D eigenvalue weighted by Crippen LogP contribution is -2.58. The van der Waals surface area contributed by atoms with Gasteiger partial charge in [0.15, 0.2) is 11.5 Å². The molecule has 3 rings (SSSR count). The average molecular weight is 412 g/mol. The van der Waals surface area contributed by atoms with E-state index in [1.165, 1.54) is 12.8 Å². The summed E-state index contributed by atoms with van der Waals surface area (Å²) in [5.74, 6) is 1.36. The molecule has 6 nitrogen and oxygen atoms in total. The molecule has 1 N–H and O–H groups in total. The molecule has 2 fully saturated rings. The van der Waals surface area contributed by atoms with Crippen molar-refractivity contribution in [2.24, 2.45) is 0 Å². The van der Waals surface area contributed by atoms with Gasteiger partial charge in [-0.05, 0) is 51.0 Å². The first-order valence-electron chi connectivity index (χ1n) is 10.2. The Labute approximate surface area is 173 Å². The second-order valence-corrected chi connectivity index (χ2v) is 8.38. The number of benzene rings is 1. The van der Waals surface area contributed by atoms with E-state index in [1.807, 2.05) is 12.1 Å². The summed E-state index contributed by atoms with van der Waals surface area (Å²) >= 11 is 6.50. The minimum Gasteiger partial charge on any atom is -0.493 e. The molecule has 0 bridgehead atoms. The van der Waals surface area contributed by atoms with Gasteiger partial charge in [-0.2, -0.15) is 0 Å². The summed E-state index contributed by atoms with van der Waals surface area (Å²) in [6.07, 6.45) is 3.27. The lowest BCUT2D eigenvalue weighted by atomic mass is 9.98. The highest BCUT2D eigenvalue weighted by Gasteiger charge is 2.33. The van der Waals surface area contributed by atoms with Crippen LogP contribution in [0, 0.1) is 0 Å². The van der Waals surface area contributed by atoms with E-state index in [1.54, 1.807) is 14.2 Å². The third-order valence-electron chi connectivity index (χ3n) is 6.18. The number of piperazine rings is 1. The zero-order chi connectivity index (χ0) is 20.1. The van der Waals surface area contributed by atoms with Crippen molar-refractivity contribution >= 4 is 11.6 Å². The van der Waals surface area contributed by atoms with Gasteiger partial charge in [-0.25, -0.2) is 0 Å². The standard InChI is InChI=1S/C21H34ClN3O3/c1-23-7-4-17(5-8-23)25-10-9-24(15-18(25)6-11-26)14-16-12-20(27-2)21(28-3)13-19(16)22/h12-13,17-18,26H,4-11,14-15H2,1-3H3. The number of aliphatic hydroxyl groups excluding tert-OH is 1. The Bertz CT molecular complexity index is 638. The maximum atomic E-state index is 9.62. The molecule has 2 saturated heterocycles. The predicted octanol–water partition coefficient (Wildman–Crippen LogP) is 2.32. The Morgan fingerprint density at radius 1 is 1.07 bits per heavy atom. The third-order valence-corrected chi connectivity index (χ3v) is 6.53. The Kier molecular flexibility index (Phi) is 7.83. The van der Waals surface area contributed by atoms with E-state index in [-0.39, 0.29) is 6.61 Å². The number of likely N-dealkylation sites (tertiary alicyclic amines) is 1. The first-order chi connectivity index (χ1) is 13.5. The maximum Gasteiger partial charge on any atom is 0.162 e. The topological polar surface area (TPSA) is 48.4 Å². The van der Waals surface area contributed by atoms with Gasteiger partial charge in [-0.1, -0.05) is 11.6 Å². The second kappa shape index (κ2) is 10.1. The third kappa shape index (κ3) is 5.10. The van der Waals surface area contributed by atoms with Gasteiger partial charge in [0.1, 0.15) is 0 Å². The van der Waals surface area contributed by atoms with Gasteiger partial charge in [-0.15, -0.1) is 0 Å². The molecule has 0 spiro atoms. The van der Waals surface area contributed by atoms with Crippen molar-refractivity contribution in [2.45, 2.75) is 37.9 Å². The molecule has 0 saturated carbocycles. The van der Waals surface area contributed by atoms with E-state index in [0.29, 0.717) is 28.6 Å². The van der Waals surface area contributed by atoms with Crippen molar-refractivity contribution in [3.05, 3.63) is 22.7 Å². The zero-order valence-electron chi connectivity index (χ0n) is 17.4. The van der Waals surface area contributed by atoms with Crippen molar-refractivity contribution in [1.82, 2.24) is 14.7 Å². The van der Waals surface area contributed by atoms with Crippen LogP contribution in [-0.2, 0) is 6.54 Å². The van der Waals surface area contributed by atoms with Crippen molar-refractivity contribution in [1.29, 1.82) is 0 Å². The molecule has 0 amide bonds. The zero-order valence-corrected chi connectivity index (χ0v) is 18.1. The second-order valence-electron chi connectivity index (χ2n) is 7.97. The molecule has 1 unspecified atom stereocenters. The summed E-state index contributed by atoms with van der Waals surface area (Å²) in [6.45, 7) is 6.36. The Hall–Kier alpha value is -1.05. The lowest BCUT2D eigenvalue weighted by Gasteiger charge is -2.47. The Balaban J connectivity index is 1.67. The van der Waals surface area contributed by atoms with Gasteiger partial charge in [0.2, 0.25) is 0 Å². The minimum absolute atomic E-state index is 0.235. The van der Waals surface area contributed by atoms with Crippen LogP contribution in [0.25, 0.3) is 0 Å². The van der Waals surface area contributed by atoms with Gasteiger partial charge in [0.25, 0.3) is 0 Å². The van der Waals surface area contributed by atoms with Gasteiger partial charge in [0, 0.05) is 56.0 Å². The minimum atomic E-state index is 0.235. The molecule has 2 aliphatic rings. The fourth-order valence-electron chi connectivity index (χ4n) is 4.55. The Morgan fingerprint density at radius 3 is 2.39 bits per heavy atom. The number of hydrogen-bond donors (Lipinski definition) is 1. The molecular formula is C21H34ClN3O3. The van der Waals surface area contributed by atoms with Gasteiger partial charge < -0.3 is 19.5 Å². The number of rotatable bonds is 7. The largest absolute Gasteiger partial charge is 0.493 e. The molecule has 2 aliphatic heterocycles. The molecule has 1 atom stereocenters. The molecule has 1 aromatic carbocycles. The van der Waals surface area contributed by atoms with Crippen LogP contribution in [-0.4, -0.2) is 92.5 Å². The van der Waals surface area contributed by atoms with Gasteiger partial charge in [-0.3, -0.25) is 9.80 Å². The van der Waals surface area contributed by atoms with E-state index in [2.05, 4.69) is 21.7 Å². The summed E-state index contributed by atoms with van der Waals surface area (Å²) in [5.41, 5.74) is 1.05. The van der Waals surface area contributed by atoms with Crippen LogP contribution in [0.2, 0.25) is 5.02 Å². The smallest absolute Gasteiger partial charge is 0.162 e. The molecule has 0 radical (unpaired) electrons. The highest BCUT2D eigenvalue weighted by Crippen LogP contribution is 2.34. The van der Waals surface area contributed by atoms with E-state index in [4.69, 9.17) is 21.1 Å². The molecule has 1 aromatic rings. The summed E-state index contributed by atoms with van der Waals surface area (Å²) in [6, 6.07) is 4.84. The first kappa shape index (κ1) is 21.7. The predicted molar refractivity (Wildman–Crippen MR) is 113 cm³/mol. The van der Waals surface area contributed by atoms with Crippen LogP contribution in [0.5, 0.6) is 11.5 Å². The first-order valence-corrected chi connectivity index (χ1v) is 10.6. The summed E-state index contributed by atoms with van der Waals surface area (Å²) in [4.78, 5) is 7.50. The quantitative estimate of drug-likeness (QED) is 0.743. The van der Waals surface area contributed by atoms with Crippen LogP contribution in [0.1, 0.15) is 24.8 Å². The van der Waals surface area contributed by atoms with Crippen LogP contribution < -0.4 is 9.47 Å². The van der Waals surface area contributed by atoms with E-state index in [0.717, 1.165) is 51.3 Å². The fraction of sp³-hybridized carbons (Fsp3) is 0.714. The number of ether oxygens (including phenoxy) is 2. The normalized spacial score (nSPS) is 23.1. The van der Waals surface area contributed by atoms with Crippen LogP contribution >= 0.6 is 11.6 Å². The van der Waals surface area contributed by atoms with Crippen LogP contribution in [0.4, 0.5) is 0 Å².